The molecule has 0 spiro atoms. The van der Waals surface area contributed by atoms with Crippen LogP contribution in [0.2, 0.25) is 0 Å². The standard InChI is InChI=1S/C19H23NO3S.C12H17NO/c1-15-3-9-19(10-4-15)24(21,22)20-13-11-17(12-14-20)16-5-7-18(23-2)8-6-16;1-14-12-4-2-10(3-5-12)11-6-8-13-9-7-11/h3-10,17H,11-14H2,1-2H3;2-5,11,13H,6-9H2,1H3. The van der Waals surface area contributed by atoms with Crippen LogP contribution in [-0.2, 0) is 10.0 Å². The predicted molar refractivity (Wildman–Crippen MR) is 153 cm³/mol. The van der Waals surface area contributed by atoms with Crippen molar-refractivity contribution < 1.29 is 17.9 Å². The number of benzene rings is 3. The van der Waals surface area contributed by atoms with Gasteiger partial charge in [0.05, 0.1) is 19.1 Å². The zero-order chi connectivity index (χ0) is 27.0. The Morgan fingerprint density at radius 1 is 0.684 bits per heavy atom. The van der Waals surface area contributed by atoms with Crippen molar-refractivity contribution in [1.82, 2.24) is 9.62 Å². The molecule has 0 aliphatic carbocycles. The molecule has 2 aliphatic rings. The molecule has 1 N–H and O–H groups in total. The van der Waals surface area contributed by atoms with E-state index in [4.69, 9.17) is 9.47 Å². The zero-order valence-corrected chi connectivity index (χ0v) is 23.5. The Hall–Kier alpha value is -2.87. The monoisotopic (exact) mass is 536 g/mol. The van der Waals surface area contributed by atoms with Crippen molar-refractivity contribution in [2.45, 2.75) is 49.3 Å². The minimum Gasteiger partial charge on any atom is -0.497 e. The molecule has 0 unspecified atom stereocenters. The van der Waals surface area contributed by atoms with E-state index in [-0.39, 0.29) is 0 Å². The molecule has 2 aliphatic heterocycles. The third-order valence-electron chi connectivity index (χ3n) is 7.63. The topological polar surface area (TPSA) is 67.9 Å². The molecule has 38 heavy (non-hydrogen) atoms. The predicted octanol–water partition coefficient (Wildman–Crippen LogP) is 5.73. The summed E-state index contributed by atoms with van der Waals surface area (Å²) in [7, 11) is -0.0177. The van der Waals surface area contributed by atoms with Crippen LogP contribution in [0.4, 0.5) is 0 Å². The highest BCUT2D eigenvalue weighted by atomic mass is 32.2. The highest BCUT2D eigenvalue weighted by Gasteiger charge is 2.29. The largest absolute Gasteiger partial charge is 0.497 e. The van der Waals surface area contributed by atoms with Gasteiger partial charge in [0, 0.05) is 13.1 Å². The number of hydrogen-bond acceptors (Lipinski definition) is 5. The number of nitrogens with zero attached hydrogens (tertiary/aromatic N) is 1. The first-order chi connectivity index (χ1) is 18.4. The van der Waals surface area contributed by atoms with E-state index in [9.17, 15) is 8.42 Å². The molecule has 0 aromatic heterocycles. The summed E-state index contributed by atoms with van der Waals surface area (Å²) in [6, 6.07) is 23.6. The fourth-order valence-electron chi connectivity index (χ4n) is 5.20. The second-order valence-electron chi connectivity index (χ2n) is 10.1. The summed E-state index contributed by atoms with van der Waals surface area (Å²) in [6.45, 7) is 5.38. The minimum atomic E-state index is -3.38. The molecule has 0 saturated carbocycles. The van der Waals surface area contributed by atoms with Crippen LogP contribution in [0.1, 0.15) is 54.2 Å². The van der Waals surface area contributed by atoms with E-state index in [1.165, 1.54) is 24.0 Å². The molecule has 3 aromatic rings. The summed E-state index contributed by atoms with van der Waals surface area (Å²) in [5, 5.41) is 3.38. The van der Waals surface area contributed by atoms with Gasteiger partial charge in [-0.1, -0.05) is 42.0 Å². The first-order valence-corrected chi connectivity index (χ1v) is 14.9. The van der Waals surface area contributed by atoms with Gasteiger partial charge in [-0.3, -0.25) is 0 Å². The van der Waals surface area contributed by atoms with Crippen LogP contribution in [0.15, 0.2) is 77.7 Å². The SMILES string of the molecule is COc1ccc(C2CCN(S(=O)(=O)c3ccc(C)cc3)CC2)cc1.COc1ccc(C2CCNCC2)cc1. The van der Waals surface area contributed by atoms with Crippen molar-refractivity contribution in [2.24, 2.45) is 0 Å². The van der Waals surface area contributed by atoms with Crippen molar-refractivity contribution in [1.29, 1.82) is 0 Å². The van der Waals surface area contributed by atoms with Crippen LogP contribution < -0.4 is 14.8 Å². The Morgan fingerprint density at radius 3 is 1.58 bits per heavy atom. The number of sulfonamides is 1. The molecular weight excluding hydrogens is 496 g/mol. The van der Waals surface area contributed by atoms with Crippen molar-refractivity contribution in [2.75, 3.05) is 40.4 Å². The molecule has 2 heterocycles. The number of nitrogens with one attached hydrogen (secondary N) is 1. The average molecular weight is 537 g/mol. The smallest absolute Gasteiger partial charge is 0.243 e. The summed E-state index contributed by atoms with van der Waals surface area (Å²) in [5.74, 6) is 2.93. The summed E-state index contributed by atoms with van der Waals surface area (Å²) < 4.78 is 37.4. The summed E-state index contributed by atoms with van der Waals surface area (Å²) >= 11 is 0. The van der Waals surface area contributed by atoms with E-state index in [1.54, 1.807) is 30.7 Å². The molecule has 2 saturated heterocycles. The number of rotatable bonds is 6. The van der Waals surface area contributed by atoms with Gasteiger partial charge in [0.1, 0.15) is 11.5 Å². The third-order valence-corrected chi connectivity index (χ3v) is 9.54. The molecule has 6 nitrogen and oxygen atoms in total. The van der Waals surface area contributed by atoms with E-state index < -0.39 is 10.0 Å². The van der Waals surface area contributed by atoms with Crippen LogP contribution in [0.3, 0.4) is 0 Å². The van der Waals surface area contributed by atoms with Crippen LogP contribution >= 0.6 is 0 Å². The van der Waals surface area contributed by atoms with E-state index in [0.29, 0.717) is 23.9 Å². The number of hydrogen-bond donors (Lipinski definition) is 1. The van der Waals surface area contributed by atoms with Gasteiger partial charge in [-0.15, -0.1) is 0 Å². The Kier molecular flexibility index (Phi) is 9.83. The number of piperidine rings is 2. The third kappa shape index (κ3) is 7.16. The molecule has 0 atom stereocenters. The van der Waals surface area contributed by atoms with Crippen molar-refractivity contribution in [3.05, 3.63) is 89.5 Å². The lowest BCUT2D eigenvalue weighted by molar-refractivity contribution is 0.319. The van der Waals surface area contributed by atoms with Crippen molar-refractivity contribution >= 4 is 10.0 Å². The maximum Gasteiger partial charge on any atom is 0.243 e. The number of ether oxygens (including phenoxy) is 2. The average Bonchev–Trinajstić information content (AvgIpc) is 2.98. The number of methoxy groups -OCH3 is 2. The van der Waals surface area contributed by atoms with Gasteiger partial charge in [-0.2, -0.15) is 4.31 Å². The van der Waals surface area contributed by atoms with Gasteiger partial charge in [-0.05, 0) is 105 Å². The van der Waals surface area contributed by atoms with Gasteiger partial charge in [0.2, 0.25) is 10.0 Å². The first kappa shape index (κ1) is 28.1. The van der Waals surface area contributed by atoms with Gasteiger partial charge in [0.15, 0.2) is 0 Å². The molecule has 5 rings (SSSR count). The maximum absolute atomic E-state index is 12.7. The molecule has 7 heteroatoms. The van der Waals surface area contributed by atoms with Gasteiger partial charge >= 0.3 is 0 Å². The highest BCUT2D eigenvalue weighted by molar-refractivity contribution is 7.89. The maximum atomic E-state index is 12.7. The second kappa shape index (κ2) is 13.3. The lowest BCUT2D eigenvalue weighted by atomic mass is 9.90. The normalized spacial score (nSPS) is 17.3. The van der Waals surface area contributed by atoms with Crippen LogP contribution in [0.25, 0.3) is 0 Å². The zero-order valence-electron chi connectivity index (χ0n) is 22.7. The molecule has 3 aromatic carbocycles. The summed E-state index contributed by atoms with van der Waals surface area (Å²) in [6.07, 6.45) is 4.20. The van der Waals surface area contributed by atoms with E-state index in [0.717, 1.165) is 48.9 Å². The first-order valence-electron chi connectivity index (χ1n) is 13.5. The molecule has 0 bridgehead atoms. The minimum absolute atomic E-state index is 0.385. The van der Waals surface area contributed by atoms with Crippen molar-refractivity contribution in [3.63, 3.8) is 0 Å². The molecule has 0 amide bonds. The van der Waals surface area contributed by atoms with E-state index in [2.05, 4.69) is 41.7 Å². The van der Waals surface area contributed by atoms with Gasteiger partial charge < -0.3 is 14.8 Å². The molecule has 0 radical (unpaired) electrons. The van der Waals surface area contributed by atoms with Gasteiger partial charge in [-0.25, -0.2) is 8.42 Å². The summed E-state index contributed by atoms with van der Waals surface area (Å²) in [4.78, 5) is 0.385. The lowest BCUT2D eigenvalue weighted by Crippen LogP contribution is -2.37. The Bertz CT molecular complexity index is 1230. The van der Waals surface area contributed by atoms with E-state index >= 15 is 0 Å². The van der Waals surface area contributed by atoms with E-state index in [1.807, 2.05) is 31.2 Å². The Labute approximate surface area is 228 Å². The molecular formula is C31H40N2O4S. The van der Waals surface area contributed by atoms with Crippen molar-refractivity contribution in [3.8, 4) is 11.5 Å². The highest BCUT2D eigenvalue weighted by Crippen LogP contribution is 2.31. The fourth-order valence-corrected chi connectivity index (χ4v) is 6.67. The number of aryl methyl sites for hydroxylation is 1. The lowest BCUT2D eigenvalue weighted by Gasteiger charge is -2.31. The van der Waals surface area contributed by atoms with Crippen LogP contribution in [0.5, 0.6) is 11.5 Å². The van der Waals surface area contributed by atoms with Gasteiger partial charge in [0.25, 0.3) is 0 Å². The summed E-state index contributed by atoms with van der Waals surface area (Å²) in [5.41, 5.74) is 3.77. The molecule has 2 fully saturated rings. The quantitative estimate of drug-likeness (QED) is 0.436. The van der Waals surface area contributed by atoms with Crippen LogP contribution in [0, 0.1) is 6.92 Å². The Morgan fingerprint density at radius 2 is 1.13 bits per heavy atom. The van der Waals surface area contributed by atoms with Crippen LogP contribution in [-0.4, -0.2) is 53.1 Å². The molecule has 204 valence electrons. The Balaban J connectivity index is 0.000000204. The fraction of sp³-hybridized carbons (Fsp3) is 0.419. The second-order valence-corrected chi connectivity index (χ2v) is 12.0.